The maximum Gasteiger partial charge on any atom is 0.407 e. The number of amides is 2. The highest BCUT2D eigenvalue weighted by molar-refractivity contribution is 5.93. The first-order valence-corrected chi connectivity index (χ1v) is 11.6. The van der Waals surface area contributed by atoms with E-state index in [1.165, 1.54) is 11.1 Å². The topological polar surface area (TPSA) is 95.9 Å². The third kappa shape index (κ3) is 6.04. The second kappa shape index (κ2) is 11.5. The third-order valence-electron chi connectivity index (χ3n) is 6.01. The number of hydrogen-bond acceptors (Lipinski definition) is 4. The Morgan fingerprint density at radius 3 is 2.21 bits per heavy atom. The van der Waals surface area contributed by atoms with E-state index < -0.39 is 12.1 Å². The SMILES string of the molecule is C/C(=C\CNC(=O)OCC1c2ccccc2-c2ccccc21)C(=O)N(CCCC(=O)O)C(C)C. The van der Waals surface area contributed by atoms with E-state index >= 15 is 0 Å². The highest BCUT2D eigenvalue weighted by Crippen LogP contribution is 2.44. The summed E-state index contributed by atoms with van der Waals surface area (Å²) in [6, 6.07) is 16.2. The van der Waals surface area contributed by atoms with Gasteiger partial charge in [-0.3, -0.25) is 9.59 Å². The lowest BCUT2D eigenvalue weighted by atomic mass is 9.98. The van der Waals surface area contributed by atoms with E-state index in [9.17, 15) is 14.4 Å². The molecule has 2 amide bonds. The first-order valence-electron chi connectivity index (χ1n) is 11.6. The maximum absolute atomic E-state index is 12.7. The summed E-state index contributed by atoms with van der Waals surface area (Å²) in [7, 11) is 0. The summed E-state index contributed by atoms with van der Waals surface area (Å²) >= 11 is 0. The molecule has 0 aliphatic heterocycles. The number of benzene rings is 2. The second-order valence-corrected chi connectivity index (χ2v) is 8.68. The molecular formula is C27H32N2O5. The Kier molecular flexibility index (Phi) is 8.46. The summed E-state index contributed by atoms with van der Waals surface area (Å²) in [5.74, 6) is -1.06. The molecule has 0 aromatic heterocycles. The van der Waals surface area contributed by atoms with Crippen LogP contribution in [-0.2, 0) is 14.3 Å². The molecule has 1 aliphatic carbocycles. The van der Waals surface area contributed by atoms with Crippen LogP contribution in [0.1, 0.15) is 50.7 Å². The quantitative estimate of drug-likeness (QED) is 0.502. The molecular weight excluding hydrogens is 432 g/mol. The summed E-state index contributed by atoms with van der Waals surface area (Å²) in [5, 5.41) is 11.5. The Morgan fingerprint density at radius 1 is 1.06 bits per heavy atom. The maximum atomic E-state index is 12.7. The molecule has 0 saturated carbocycles. The Bertz CT molecular complexity index is 1030. The van der Waals surface area contributed by atoms with Crippen LogP contribution in [0.4, 0.5) is 4.79 Å². The van der Waals surface area contributed by atoms with Crippen molar-refractivity contribution in [1.29, 1.82) is 0 Å². The minimum atomic E-state index is -0.879. The monoisotopic (exact) mass is 464 g/mol. The fourth-order valence-corrected chi connectivity index (χ4v) is 4.25. The van der Waals surface area contributed by atoms with Crippen LogP contribution in [0.25, 0.3) is 11.1 Å². The van der Waals surface area contributed by atoms with Crippen LogP contribution >= 0.6 is 0 Å². The number of carboxylic acids is 1. The molecule has 0 unspecified atom stereocenters. The molecule has 0 saturated heterocycles. The summed E-state index contributed by atoms with van der Waals surface area (Å²) in [5.41, 5.74) is 5.12. The van der Waals surface area contributed by atoms with Gasteiger partial charge >= 0.3 is 12.1 Å². The number of nitrogens with zero attached hydrogens (tertiary/aromatic N) is 1. The van der Waals surface area contributed by atoms with Crippen LogP contribution in [0.5, 0.6) is 0 Å². The Labute approximate surface area is 200 Å². The van der Waals surface area contributed by atoms with Gasteiger partial charge in [0.15, 0.2) is 0 Å². The van der Waals surface area contributed by atoms with Gasteiger partial charge in [0.25, 0.3) is 0 Å². The summed E-state index contributed by atoms with van der Waals surface area (Å²) in [4.78, 5) is 37.4. The van der Waals surface area contributed by atoms with E-state index in [-0.39, 0.29) is 37.4 Å². The van der Waals surface area contributed by atoms with Crippen molar-refractivity contribution in [2.45, 2.75) is 45.6 Å². The molecule has 1 aliphatic rings. The van der Waals surface area contributed by atoms with Crippen molar-refractivity contribution < 1.29 is 24.2 Å². The first-order chi connectivity index (χ1) is 16.3. The number of carboxylic acid groups (broad SMARTS) is 1. The average Bonchev–Trinajstić information content (AvgIpc) is 3.13. The van der Waals surface area contributed by atoms with Crippen molar-refractivity contribution in [2.75, 3.05) is 19.7 Å². The minimum absolute atomic E-state index is 0.0117. The van der Waals surface area contributed by atoms with Gasteiger partial charge in [-0.05, 0) is 49.4 Å². The van der Waals surface area contributed by atoms with Crippen molar-refractivity contribution in [3.8, 4) is 11.1 Å². The van der Waals surface area contributed by atoms with Crippen molar-refractivity contribution >= 4 is 18.0 Å². The predicted octanol–water partition coefficient (Wildman–Crippen LogP) is 4.57. The van der Waals surface area contributed by atoms with Gasteiger partial charge in [0.1, 0.15) is 6.61 Å². The molecule has 0 atom stereocenters. The average molecular weight is 465 g/mol. The zero-order valence-electron chi connectivity index (χ0n) is 19.9. The van der Waals surface area contributed by atoms with Crippen LogP contribution in [0.2, 0.25) is 0 Å². The summed E-state index contributed by atoms with van der Waals surface area (Å²) in [6.07, 6.45) is 1.52. The fourth-order valence-electron chi connectivity index (χ4n) is 4.25. The van der Waals surface area contributed by atoms with Crippen LogP contribution in [-0.4, -0.2) is 53.7 Å². The summed E-state index contributed by atoms with van der Waals surface area (Å²) < 4.78 is 5.51. The van der Waals surface area contributed by atoms with Gasteiger partial charge in [-0.1, -0.05) is 54.6 Å². The highest BCUT2D eigenvalue weighted by Gasteiger charge is 2.29. The highest BCUT2D eigenvalue weighted by atomic mass is 16.5. The molecule has 0 radical (unpaired) electrons. The number of alkyl carbamates (subject to hydrolysis) is 1. The van der Waals surface area contributed by atoms with Gasteiger partial charge in [0.2, 0.25) is 5.91 Å². The number of ether oxygens (including phenoxy) is 1. The first kappa shape index (κ1) is 25.0. The van der Waals surface area contributed by atoms with E-state index in [0.717, 1.165) is 11.1 Å². The van der Waals surface area contributed by atoms with Crippen molar-refractivity contribution in [1.82, 2.24) is 10.2 Å². The molecule has 2 aromatic carbocycles. The van der Waals surface area contributed by atoms with Gasteiger partial charge in [-0.15, -0.1) is 0 Å². The lowest BCUT2D eigenvalue weighted by Crippen LogP contribution is -2.38. The molecule has 0 heterocycles. The molecule has 2 aromatic rings. The number of nitrogens with one attached hydrogen (secondary N) is 1. The standard InChI is InChI=1S/C27H32N2O5/c1-18(2)29(16-8-13-25(30)31)26(32)19(3)14-15-28-27(33)34-17-24-22-11-6-4-9-20(22)21-10-5-7-12-23(21)24/h4-7,9-12,14,18,24H,8,13,15-17H2,1-3H3,(H,28,33)(H,30,31)/b19-14+. The van der Waals surface area contributed by atoms with Gasteiger partial charge < -0.3 is 20.1 Å². The predicted molar refractivity (Wildman–Crippen MR) is 131 cm³/mol. The number of fused-ring (bicyclic) bond motifs is 3. The third-order valence-corrected chi connectivity index (χ3v) is 6.01. The number of rotatable bonds is 10. The largest absolute Gasteiger partial charge is 0.481 e. The zero-order chi connectivity index (χ0) is 24.7. The second-order valence-electron chi connectivity index (χ2n) is 8.68. The van der Waals surface area contributed by atoms with Gasteiger partial charge in [-0.25, -0.2) is 4.79 Å². The van der Waals surface area contributed by atoms with E-state index in [1.54, 1.807) is 17.9 Å². The van der Waals surface area contributed by atoms with Crippen LogP contribution in [0.3, 0.4) is 0 Å². The van der Waals surface area contributed by atoms with E-state index in [2.05, 4.69) is 29.6 Å². The normalized spacial score (nSPS) is 12.8. The lowest BCUT2D eigenvalue weighted by Gasteiger charge is -2.27. The Morgan fingerprint density at radius 2 is 1.65 bits per heavy atom. The van der Waals surface area contributed by atoms with E-state index in [4.69, 9.17) is 9.84 Å². The van der Waals surface area contributed by atoms with Gasteiger partial charge in [-0.2, -0.15) is 0 Å². The zero-order valence-corrected chi connectivity index (χ0v) is 19.9. The van der Waals surface area contributed by atoms with Crippen molar-refractivity contribution in [3.05, 3.63) is 71.3 Å². The van der Waals surface area contributed by atoms with Crippen LogP contribution in [0, 0.1) is 0 Å². The fraction of sp³-hybridized carbons (Fsp3) is 0.370. The van der Waals surface area contributed by atoms with Crippen molar-refractivity contribution in [2.24, 2.45) is 0 Å². The van der Waals surface area contributed by atoms with Crippen LogP contribution in [0.15, 0.2) is 60.2 Å². The van der Waals surface area contributed by atoms with Gasteiger partial charge in [0.05, 0.1) is 0 Å². The number of hydrogen-bond donors (Lipinski definition) is 2. The Balaban J connectivity index is 1.52. The molecule has 3 rings (SSSR count). The smallest absolute Gasteiger partial charge is 0.407 e. The number of carbonyl (C=O) groups is 3. The van der Waals surface area contributed by atoms with E-state index in [0.29, 0.717) is 18.5 Å². The number of carbonyl (C=O) groups excluding carboxylic acids is 2. The van der Waals surface area contributed by atoms with Gasteiger partial charge in [0, 0.05) is 37.0 Å². The Hall–Kier alpha value is -3.61. The van der Waals surface area contributed by atoms with Crippen LogP contribution < -0.4 is 5.32 Å². The molecule has 7 heteroatoms. The molecule has 0 bridgehead atoms. The number of aliphatic carboxylic acids is 1. The van der Waals surface area contributed by atoms with E-state index in [1.807, 2.05) is 38.1 Å². The molecule has 0 spiro atoms. The molecule has 180 valence electrons. The minimum Gasteiger partial charge on any atom is -0.481 e. The van der Waals surface area contributed by atoms with Crippen molar-refractivity contribution in [3.63, 3.8) is 0 Å². The molecule has 7 nitrogen and oxygen atoms in total. The molecule has 0 fully saturated rings. The lowest BCUT2D eigenvalue weighted by molar-refractivity contribution is -0.138. The molecule has 34 heavy (non-hydrogen) atoms. The molecule has 2 N–H and O–H groups in total. The summed E-state index contributed by atoms with van der Waals surface area (Å²) in [6.45, 7) is 6.23.